The molecule has 2 aromatic carbocycles. The summed E-state index contributed by atoms with van der Waals surface area (Å²) in [5.41, 5.74) is 5.23. The summed E-state index contributed by atoms with van der Waals surface area (Å²) in [6, 6.07) is 21.7. The lowest BCUT2D eigenvalue weighted by atomic mass is 10.0. The van der Waals surface area contributed by atoms with E-state index >= 15 is 0 Å². The van der Waals surface area contributed by atoms with Crippen molar-refractivity contribution in [1.29, 1.82) is 0 Å². The van der Waals surface area contributed by atoms with Crippen molar-refractivity contribution < 1.29 is 0 Å². The van der Waals surface area contributed by atoms with Gasteiger partial charge in [0.2, 0.25) is 0 Å². The Hall–Kier alpha value is -4.06. The van der Waals surface area contributed by atoms with E-state index in [0.29, 0.717) is 12.2 Å². The number of hydrogen-bond acceptors (Lipinski definition) is 4. The number of pyridine rings is 1. The van der Waals surface area contributed by atoms with Crippen molar-refractivity contribution in [3.05, 3.63) is 102 Å². The number of nitrogens with one attached hydrogen (secondary N) is 1. The van der Waals surface area contributed by atoms with Crippen LogP contribution in [0.15, 0.2) is 90.4 Å². The number of H-pyrrole nitrogens is 1. The normalized spacial score (nSPS) is 11.0. The molecule has 0 aliphatic carbocycles. The maximum Gasteiger partial charge on any atom is 0.250 e. The second-order valence-electron chi connectivity index (χ2n) is 6.75. The largest absolute Gasteiger partial charge is 0.324 e. The van der Waals surface area contributed by atoms with Gasteiger partial charge in [0.05, 0.1) is 41.8 Å². The molecule has 0 saturated carbocycles. The first-order chi connectivity index (χ1) is 14.3. The smallest absolute Gasteiger partial charge is 0.250 e. The van der Waals surface area contributed by atoms with E-state index in [-0.39, 0.29) is 5.56 Å². The average molecular weight is 379 g/mol. The Morgan fingerprint density at radius 2 is 1.69 bits per heavy atom. The molecule has 0 saturated heterocycles. The molecule has 1 N–H and O–H groups in total. The molecule has 0 bridgehead atoms. The first kappa shape index (κ1) is 17.1. The molecule has 5 rings (SSSR count). The molecule has 0 fully saturated rings. The Morgan fingerprint density at radius 3 is 2.55 bits per heavy atom. The van der Waals surface area contributed by atoms with Crippen LogP contribution in [0.4, 0.5) is 0 Å². The maximum absolute atomic E-state index is 11.7. The highest BCUT2D eigenvalue weighted by Gasteiger charge is 2.16. The molecule has 0 aliphatic heterocycles. The predicted octanol–water partition coefficient (Wildman–Crippen LogP) is 3.90. The van der Waals surface area contributed by atoms with E-state index < -0.39 is 0 Å². The lowest BCUT2D eigenvalue weighted by molar-refractivity contribution is 0.772. The van der Waals surface area contributed by atoms with Crippen molar-refractivity contribution >= 4 is 10.9 Å². The zero-order valence-corrected chi connectivity index (χ0v) is 15.5. The monoisotopic (exact) mass is 379 g/mol. The fraction of sp³-hybridized carbons (Fsp3) is 0.0435. The van der Waals surface area contributed by atoms with Gasteiger partial charge in [0.15, 0.2) is 0 Å². The molecule has 6 heteroatoms. The quantitative estimate of drug-likeness (QED) is 0.514. The zero-order chi connectivity index (χ0) is 19.6. The van der Waals surface area contributed by atoms with Crippen LogP contribution >= 0.6 is 0 Å². The number of aromatic amines is 1. The van der Waals surface area contributed by atoms with Gasteiger partial charge in [-0.2, -0.15) is 0 Å². The van der Waals surface area contributed by atoms with Gasteiger partial charge in [0.1, 0.15) is 0 Å². The van der Waals surface area contributed by atoms with Crippen LogP contribution in [-0.2, 0) is 6.54 Å². The zero-order valence-electron chi connectivity index (χ0n) is 15.5. The number of imidazole rings is 1. The van der Waals surface area contributed by atoms with Gasteiger partial charge in [-0.05, 0) is 12.1 Å². The average Bonchev–Trinajstić information content (AvgIpc) is 3.17. The molecular formula is C23H17N5O. The molecule has 6 nitrogen and oxygen atoms in total. The minimum absolute atomic E-state index is 0.174. The molecule has 0 atom stereocenters. The van der Waals surface area contributed by atoms with E-state index in [2.05, 4.69) is 26.0 Å². The second kappa shape index (κ2) is 7.16. The fourth-order valence-corrected chi connectivity index (χ4v) is 3.48. The lowest BCUT2D eigenvalue weighted by Crippen LogP contribution is -2.10. The third-order valence-electron chi connectivity index (χ3n) is 4.82. The van der Waals surface area contributed by atoms with E-state index in [1.807, 2.05) is 65.4 Å². The third-order valence-corrected chi connectivity index (χ3v) is 4.82. The number of rotatable bonds is 4. The molecule has 0 spiro atoms. The highest BCUT2D eigenvalue weighted by atomic mass is 16.1. The highest BCUT2D eigenvalue weighted by molar-refractivity contribution is 5.86. The predicted molar refractivity (Wildman–Crippen MR) is 112 cm³/mol. The molecular weight excluding hydrogens is 362 g/mol. The van der Waals surface area contributed by atoms with Gasteiger partial charge in [-0.3, -0.25) is 9.78 Å². The Morgan fingerprint density at radius 1 is 0.862 bits per heavy atom. The van der Waals surface area contributed by atoms with Gasteiger partial charge >= 0.3 is 0 Å². The first-order valence-electron chi connectivity index (χ1n) is 9.27. The maximum atomic E-state index is 11.7. The van der Waals surface area contributed by atoms with Crippen LogP contribution in [0.3, 0.4) is 0 Å². The summed E-state index contributed by atoms with van der Waals surface area (Å²) in [5, 5.41) is 1.06. The molecule has 3 aromatic heterocycles. The minimum atomic E-state index is -0.174. The summed E-state index contributed by atoms with van der Waals surface area (Å²) in [6.07, 6.45) is 5.08. The number of aromatic nitrogens is 5. The van der Waals surface area contributed by atoms with Gasteiger partial charge in [0, 0.05) is 28.8 Å². The van der Waals surface area contributed by atoms with Gasteiger partial charge in [-0.15, -0.1) is 0 Å². The summed E-state index contributed by atoms with van der Waals surface area (Å²) in [7, 11) is 0. The van der Waals surface area contributed by atoms with Gasteiger partial charge in [-0.1, -0.05) is 48.5 Å². The number of nitrogens with zero attached hydrogens (tertiary/aromatic N) is 4. The molecule has 0 aliphatic rings. The Kier molecular flexibility index (Phi) is 4.22. The molecule has 5 aromatic rings. The third kappa shape index (κ3) is 3.32. The van der Waals surface area contributed by atoms with E-state index in [4.69, 9.17) is 0 Å². The van der Waals surface area contributed by atoms with Crippen LogP contribution in [0.25, 0.3) is 33.4 Å². The van der Waals surface area contributed by atoms with Crippen LogP contribution in [-0.4, -0.2) is 24.5 Å². The Bertz CT molecular complexity index is 1350. The standard InChI is InChI=1S/C23H17N5O/c29-21-11-19(25-14-26-21)13-28-15-27-22(16-6-2-1-3-7-16)23(28)18-10-17-8-4-5-9-20(17)24-12-18/h1-12,14-15H,13H2,(H,25,26,29). The fourth-order valence-electron chi connectivity index (χ4n) is 3.48. The van der Waals surface area contributed by atoms with E-state index in [1.54, 1.807) is 6.33 Å². The molecule has 3 heterocycles. The number of hydrogen-bond donors (Lipinski definition) is 1. The molecule has 0 unspecified atom stereocenters. The van der Waals surface area contributed by atoms with Crippen molar-refractivity contribution in [2.24, 2.45) is 0 Å². The molecule has 140 valence electrons. The number of fused-ring (bicyclic) bond motifs is 1. The van der Waals surface area contributed by atoms with Crippen LogP contribution in [0.5, 0.6) is 0 Å². The lowest BCUT2D eigenvalue weighted by Gasteiger charge is -2.11. The molecule has 29 heavy (non-hydrogen) atoms. The topological polar surface area (TPSA) is 76.5 Å². The van der Waals surface area contributed by atoms with Gasteiger partial charge < -0.3 is 9.55 Å². The van der Waals surface area contributed by atoms with E-state index in [1.165, 1.54) is 12.4 Å². The minimum Gasteiger partial charge on any atom is -0.324 e. The van der Waals surface area contributed by atoms with Crippen molar-refractivity contribution in [2.75, 3.05) is 0 Å². The van der Waals surface area contributed by atoms with Crippen LogP contribution in [0.2, 0.25) is 0 Å². The Labute approximate surface area is 166 Å². The van der Waals surface area contributed by atoms with Gasteiger partial charge in [-0.25, -0.2) is 9.97 Å². The number of para-hydroxylation sites is 1. The summed E-state index contributed by atoms with van der Waals surface area (Å²) < 4.78 is 2.01. The SMILES string of the molecule is O=c1cc(Cn2cnc(-c3ccccc3)c2-c2cnc3ccccc3c2)nc[nH]1. The second-order valence-corrected chi connectivity index (χ2v) is 6.75. The first-order valence-corrected chi connectivity index (χ1v) is 9.27. The van der Waals surface area contributed by atoms with Crippen LogP contribution < -0.4 is 5.56 Å². The van der Waals surface area contributed by atoms with Crippen LogP contribution in [0.1, 0.15) is 5.69 Å². The van der Waals surface area contributed by atoms with E-state index in [9.17, 15) is 4.79 Å². The van der Waals surface area contributed by atoms with Crippen molar-refractivity contribution in [3.8, 4) is 22.5 Å². The summed E-state index contributed by atoms with van der Waals surface area (Å²) in [6.45, 7) is 0.436. The number of benzene rings is 2. The van der Waals surface area contributed by atoms with Crippen molar-refractivity contribution in [3.63, 3.8) is 0 Å². The highest BCUT2D eigenvalue weighted by Crippen LogP contribution is 2.32. The van der Waals surface area contributed by atoms with Crippen molar-refractivity contribution in [2.45, 2.75) is 6.54 Å². The summed E-state index contributed by atoms with van der Waals surface area (Å²) in [4.78, 5) is 27.8. The van der Waals surface area contributed by atoms with Crippen molar-refractivity contribution in [1.82, 2.24) is 24.5 Å². The summed E-state index contributed by atoms with van der Waals surface area (Å²) >= 11 is 0. The van der Waals surface area contributed by atoms with Crippen LogP contribution in [0, 0.1) is 0 Å². The van der Waals surface area contributed by atoms with E-state index in [0.717, 1.165) is 33.4 Å². The molecule has 0 radical (unpaired) electrons. The Balaban J connectivity index is 1.69. The molecule has 0 amide bonds. The van der Waals surface area contributed by atoms with Gasteiger partial charge in [0.25, 0.3) is 5.56 Å². The summed E-state index contributed by atoms with van der Waals surface area (Å²) in [5.74, 6) is 0.